The smallest absolute Gasteiger partial charge is 0.0936 e. The normalized spacial score (nSPS) is 21.2. The average Bonchev–Trinajstić information content (AvgIpc) is 2.95. The fourth-order valence-electron chi connectivity index (χ4n) is 4.35. The second kappa shape index (κ2) is 6.40. The van der Waals surface area contributed by atoms with Crippen LogP contribution in [0.25, 0.3) is 0 Å². The van der Waals surface area contributed by atoms with Crippen LogP contribution >= 0.6 is 0 Å². The van der Waals surface area contributed by atoms with E-state index in [-0.39, 0.29) is 5.41 Å². The van der Waals surface area contributed by atoms with Gasteiger partial charge in [0, 0.05) is 17.5 Å². The molecule has 0 amide bonds. The lowest BCUT2D eigenvalue weighted by molar-refractivity contribution is 0.154. The molecule has 1 saturated heterocycles. The van der Waals surface area contributed by atoms with Crippen molar-refractivity contribution in [2.24, 2.45) is 10.6 Å². The molecule has 3 heteroatoms. The van der Waals surface area contributed by atoms with Crippen LogP contribution in [-0.4, -0.2) is 35.5 Å². The van der Waals surface area contributed by atoms with Gasteiger partial charge in [-0.15, -0.1) is 0 Å². The molecule has 1 heterocycles. The summed E-state index contributed by atoms with van der Waals surface area (Å²) in [5, 5.41) is 13.3. The average molecular weight is 320 g/mol. The van der Waals surface area contributed by atoms with Crippen LogP contribution in [0, 0.1) is 5.41 Å². The third kappa shape index (κ3) is 2.73. The first-order chi connectivity index (χ1) is 11.8. The minimum absolute atomic E-state index is 0.0433. The lowest BCUT2D eigenvalue weighted by Crippen LogP contribution is -2.44. The molecule has 0 bridgehead atoms. The van der Waals surface area contributed by atoms with Crippen molar-refractivity contribution in [1.82, 2.24) is 4.90 Å². The Kier molecular flexibility index (Phi) is 4.11. The number of oxime groups is 1. The zero-order valence-corrected chi connectivity index (χ0v) is 14.0. The van der Waals surface area contributed by atoms with Gasteiger partial charge in [-0.2, -0.15) is 0 Å². The molecule has 0 atom stereocenters. The van der Waals surface area contributed by atoms with E-state index in [2.05, 4.69) is 58.6 Å². The minimum atomic E-state index is 0.0433. The van der Waals surface area contributed by atoms with Crippen molar-refractivity contribution in [3.05, 3.63) is 71.3 Å². The van der Waals surface area contributed by atoms with E-state index in [0.717, 1.165) is 56.6 Å². The van der Waals surface area contributed by atoms with Crippen LogP contribution in [-0.2, 0) is 12.8 Å². The monoisotopic (exact) mass is 320 g/mol. The summed E-state index contributed by atoms with van der Waals surface area (Å²) in [7, 11) is 0. The summed E-state index contributed by atoms with van der Waals surface area (Å²) >= 11 is 0. The van der Waals surface area contributed by atoms with Gasteiger partial charge in [-0.25, -0.2) is 0 Å². The van der Waals surface area contributed by atoms with E-state index >= 15 is 0 Å². The van der Waals surface area contributed by atoms with Crippen LogP contribution in [0.15, 0.2) is 59.8 Å². The van der Waals surface area contributed by atoms with Gasteiger partial charge in [0.25, 0.3) is 0 Å². The number of likely N-dealkylation sites (tertiary alicyclic amines) is 1. The highest BCUT2D eigenvalue weighted by molar-refractivity contribution is 6.08. The molecule has 0 radical (unpaired) electrons. The second-order valence-corrected chi connectivity index (χ2v) is 7.14. The topological polar surface area (TPSA) is 35.8 Å². The van der Waals surface area contributed by atoms with Crippen molar-refractivity contribution >= 4 is 5.71 Å². The van der Waals surface area contributed by atoms with E-state index in [4.69, 9.17) is 0 Å². The SMILES string of the molecule is O/N=C1/c2ccccc2CC12CCN(CCc1ccccc1)CC2. The molecule has 24 heavy (non-hydrogen) atoms. The Balaban J connectivity index is 1.41. The Hall–Kier alpha value is -2.13. The predicted molar refractivity (Wildman–Crippen MR) is 96.7 cm³/mol. The van der Waals surface area contributed by atoms with Crippen LogP contribution in [0.4, 0.5) is 0 Å². The lowest BCUT2D eigenvalue weighted by atomic mass is 9.74. The highest BCUT2D eigenvalue weighted by Gasteiger charge is 2.45. The fourth-order valence-corrected chi connectivity index (χ4v) is 4.35. The van der Waals surface area contributed by atoms with Crippen LogP contribution < -0.4 is 0 Å². The number of piperidine rings is 1. The zero-order valence-electron chi connectivity index (χ0n) is 14.0. The molecule has 124 valence electrons. The van der Waals surface area contributed by atoms with E-state index < -0.39 is 0 Å². The van der Waals surface area contributed by atoms with Crippen LogP contribution in [0.5, 0.6) is 0 Å². The van der Waals surface area contributed by atoms with Gasteiger partial charge in [-0.3, -0.25) is 0 Å². The van der Waals surface area contributed by atoms with E-state index in [9.17, 15) is 5.21 Å². The third-order valence-corrected chi connectivity index (χ3v) is 5.78. The molecule has 1 aliphatic carbocycles. The first-order valence-electron chi connectivity index (χ1n) is 8.88. The first-order valence-corrected chi connectivity index (χ1v) is 8.88. The van der Waals surface area contributed by atoms with Crippen LogP contribution in [0.2, 0.25) is 0 Å². The Morgan fingerprint density at radius 3 is 2.42 bits per heavy atom. The maximum Gasteiger partial charge on any atom is 0.0936 e. The van der Waals surface area contributed by atoms with Gasteiger partial charge >= 0.3 is 0 Å². The summed E-state index contributed by atoms with van der Waals surface area (Å²) in [5.41, 5.74) is 4.85. The second-order valence-electron chi connectivity index (χ2n) is 7.14. The predicted octanol–water partition coefficient (Wildman–Crippen LogP) is 3.75. The molecule has 1 fully saturated rings. The van der Waals surface area contributed by atoms with Crippen molar-refractivity contribution in [2.75, 3.05) is 19.6 Å². The summed E-state index contributed by atoms with van der Waals surface area (Å²) in [6.45, 7) is 3.28. The number of hydrogen-bond acceptors (Lipinski definition) is 3. The number of fused-ring (bicyclic) bond motifs is 1. The minimum Gasteiger partial charge on any atom is -0.411 e. The van der Waals surface area contributed by atoms with E-state index in [1.165, 1.54) is 11.1 Å². The molecular weight excluding hydrogens is 296 g/mol. The molecule has 0 aromatic heterocycles. The number of nitrogens with zero attached hydrogens (tertiary/aromatic N) is 2. The van der Waals surface area contributed by atoms with E-state index in [0.29, 0.717) is 0 Å². The molecule has 0 saturated carbocycles. The molecule has 1 aliphatic heterocycles. The molecule has 1 spiro atoms. The number of rotatable bonds is 3. The van der Waals surface area contributed by atoms with Gasteiger partial charge in [0.15, 0.2) is 0 Å². The largest absolute Gasteiger partial charge is 0.411 e. The summed E-state index contributed by atoms with van der Waals surface area (Å²) in [6, 6.07) is 19.1. The van der Waals surface area contributed by atoms with E-state index in [1.54, 1.807) is 0 Å². The molecule has 3 nitrogen and oxygen atoms in total. The van der Waals surface area contributed by atoms with E-state index in [1.807, 2.05) is 6.07 Å². The third-order valence-electron chi connectivity index (χ3n) is 5.78. The first kappa shape index (κ1) is 15.4. The summed E-state index contributed by atoms with van der Waals surface area (Å²) in [5.74, 6) is 0. The van der Waals surface area contributed by atoms with Crippen LogP contribution in [0.1, 0.15) is 29.5 Å². The Morgan fingerprint density at radius 1 is 0.958 bits per heavy atom. The van der Waals surface area contributed by atoms with Crippen molar-refractivity contribution in [2.45, 2.75) is 25.7 Å². The van der Waals surface area contributed by atoms with Crippen molar-refractivity contribution in [1.29, 1.82) is 0 Å². The van der Waals surface area contributed by atoms with Crippen LogP contribution in [0.3, 0.4) is 0 Å². The Labute approximate surface area is 143 Å². The molecule has 1 N–H and O–H groups in total. The number of benzene rings is 2. The van der Waals surface area contributed by atoms with Crippen molar-refractivity contribution in [3.8, 4) is 0 Å². The fraction of sp³-hybridized carbons (Fsp3) is 0.381. The molecular formula is C21H24N2O. The molecule has 2 aliphatic rings. The maximum atomic E-state index is 9.62. The Bertz CT molecular complexity index is 731. The van der Waals surface area contributed by atoms with Gasteiger partial charge in [0.2, 0.25) is 0 Å². The van der Waals surface area contributed by atoms with Gasteiger partial charge in [-0.1, -0.05) is 59.8 Å². The quantitative estimate of drug-likeness (QED) is 0.691. The summed E-state index contributed by atoms with van der Waals surface area (Å²) in [6.07, 6.45) is 4.29. The summed E-state index contributed by atoms with van der Waals surface area (Å²) < 4.78 is 0. The van der Waals surface area contributed by atoms with Crippen molar-refractivity contribution < 1.29 is 5.21 Å². The summed E-state index contributed by atoms with van der Waals surface area (Å²) in [4.78, 5) is 2.55. The van der Waals surface area contributed by atoms with Gasteiger partial charge < -0.3 is 10.1 Å². The van der Waals surface area contributed by atoms with Gasteiger partial charge in [-0.05, 0) is 49.9 Å². The lowest BCUT2D eigenvalue weighted by Gasteiger charge is -2.39. The Morgan fingerprint density at radius 2 is 1.67 bits per heavy atom. The standard InChI is InChI=1S/C21H24N2O/c24-22-20-19-9-5-4-8-18(19)16-21(20)11-14-23(15-12-21)13-10-17-6-2-1-3-7-17/h1-9,24H,10-16H2/b22-20-. The molecule has 4 rings (SSSR count). The zero-order chi connectivity index (χ0) is 16.4. The molecule has 0 unspecified atom stereocenters. The molecule has 2 aromatic rings. The number of hydrogen-bond donors (Lipinski definition) is 1. The molecule has 2 aromatic carbocycles. The highest BCUT2D eigenvalue weighted by atomic mass is 16.4. The van der Waals surface area contributed by atoms with Crippen molar-refractivity contribution in [3.63, 3.8) is 0 Å². The highest BCUT2D eigenvalue weighted by Crippen LogP contribution is 2.44. The van der Waals surface area contributed by atoms with Gasteiger partial charge in [0.05, 0.1) is 5.71 Å². The van der Waals surface area contributed by atoms with Gasteiger partial charge in [0.1, 0.15) is 0 Å². The maximum absolute atomic E-state index is 9.62.